The van der Waals surface area contributed by atoms with Gasteiger partial charge in [0.25, 0.3) is 0 Å². The highest BCUT2D eigenvalue weighted by molar-refractivity contribution is 7.99. The average molecular weight is 306 g/mol. The molecule has 2 heterocycles. The van der Waals surface area contributed by atoms with E-state index in [1.807, 2.05) is 25.2 Å². The zero-order valence-corrected chi connectivity index (χ0v) is 12.3. The Balaban J connectivity index is 2.02. The van der Waals surface area contributed by atoms with Crippen LogP contribution in [0.1, 0.15) is 5.56 Å². The number of aromatic nitrogens is 4. The highest BCUT2D eigenvalue weighted by Gasteiger charge is 2.11. The van der Waals surface area contributed by atoms with Crippen molar-refractivity contribution in [3.05, 3.63) is 41.4 Å². The number of H-pyrrole nitrogens is 1. The van der Waals surface area contributed by atoms with Crippen molar-refractivity contribution in [2.24, 2.45) is 0 Å². The van der Waals surface area contributed by atoms with Gasteiger partial charge in [-0.1, -0.05) is 29.4 Å². The molecule has 5 nitrogen and oxygen atoms in total. The molecule has 3 aromatic rings. The Bertz CT molecular complexity index is 742. The second-order valence-electron chi connectivity index (χ2n) is 4.16. The summed E-state index contributed by atoms with van der Waals surface area (Å²) in [6, 6.07) is 5.86. The van der Waals surface area contributed by atoms with Gasteiger partial charge in [0.15, 0.2) is 5.65 Å². The van der Waals surface area contributed by atoms with Gasteiger partial charge in [-0.2, -0.15) is 0 Å². The molecule has 3 rings (SSSR count). The fraction of sp³-hybridized carbons (Fsp3) is 0.154. The number of nitrogens with zero attached hydrogens (tertiary/aromatic N) is 3. The van der Waals surface area contributed by atoms with E-state index < -0.39 is 0 Å². The van der Waals surface area contributed by atoms with Gasteiger partial charge in [-0.05, 0) is 24.7 Å². The maximum Gasteiger partial charge on any atom is 0.181 e. The Morgan fingerprint density at radius 1 is 1.30 bits per heavy atom. The molecule has 0 aliphatic rings. The molecule has 0 saturated heterocycles. The molecule has 0 bridgehead atoms. The Labute approximate surface area is 125 Å². The van der Waals surface area contributed by atoms with Crippen LogP contribution in [0.5, 0.6) is 0 Å². The van der Waals surface area contributed by atoms with Gasteiger partial charge in [0, 0.05) is 16.5 Å². The first kappa shape index (κ1) is 13.4. The fourth-order valence-corrected chi connectivity index (χ4v) is 3.14. The van der Waals surface area contributed by atoms with Gasteiger partial charge < -0.3 is 10.3 Å². The van der Waals surface area contributed by atoms with E-state index in [-0.39, 0.29) is 0 Å². The molecule has 102 valence electrons. The van der Waals surface area contributed by atoms with E-state index in [1.165, 1.54) is 11.9 Å². The van der Waals surface area contributed by atoms with E-state index in [0.717, 1.165) is 22.0 Å². The van der Waals surface area contributed by atoms with Gasteiger partial charge in [0.2, 0.25) is 0 Å². The van der Waals surface area contributed by atoms with Crippen molar-refractivity contribution in [1.29, 1.82) is 0 Å². The first-order chi connectivity index (χ1) is 9.78. The smallest absolute Gasteiger partial charge is 0.181 e. The molecule has 1 aromatic carbocycles. The van der Waals surface area contributed by atoms with E-state index in [4.69, 9.17) is 11.6 Å². The highest BCUT2D eigenvalue weighted by atomic mass is 35.5. The summed E-state index contributed by atoms with van der Waals surface area (Å²) < 4.78 is 0. The molecule has 0 aliphatic heterocycles. The molecule has 0 unspecified atom stereocenters. The number of hydrogen-bond acceptors (Lipinski definition) is 5. The van der Waals surface area contributed by atoms with Crippen LogP contribution in [0.3, 0.4) is 0 Å². The van der Waals surface area contributed by atoms with Crippen molar-refractivity contribution in [1.82, 2.24) is 25.3 Å². The van der Waals surface area contributed by atoms with Crippen LogP contribution in [-0.2, 0) is 6.54 Å². The minimum atomic E-state index is 0.666. The summed E-state index contributed by atoms with van der Waals surface area (Å²) in [6.45, 7) is 0.775. The molecule has 7 heteroatoms. The third kappa shape index (κ3) is 2.63. The Morgan fingerprint density at radius 2 is 2.20 bits per heavy atom. The summed E-state index contributed by atoms with van der Waals surface area (Å²) in [4.78, 5) is 16.7. The number of imidazole rings is 1. The zero-order valence-electron chi connectivity index (χ0n) is 10.7. The Morgan fingerprint density at radius 3 is 3.05 bits per heavy atom. The lowest BCUT2D eigenvalue weighted by molar-refractivity contribution is 0.803. The molecule has 0 amide bonds. The monoisotopic (exact) mass is 305 g/mol. The fourth-order valence-electron chi connectivity index (χ4n) is 1.88. The van der Waals surface area contributed by atoms with Crippen molar-refractivity contribution in [2.75, 3.05) is 7.05 Å². The minimum Gasteiger partial charge on any atom is -0.341 e. The average Bonchev–Trinajstić information content (AvgIpc) is 2.91. The molecular weight excluding hydrogens is 294 g/mol. The van der Waals surface area contributed by atoms with E-state index in [2.05, 4.69) is 25.3 Å². The largest absolute Gasteiger partial charge is 0.341 e. The number of aromatic amines is 1. The van der Waals surface area contributed by atoms with E-state index in [0.29, 0.717) is 10.7 Å². The molecule has 20 heavy (non-hydrogen) atoms. The summed E-state index contributed by atoms with van der Waals surface area (Å²) in [6.07, 6.45) is 3.14. The molecular formula is C13H12ClN5S. The number of hydrogen-bond donors (Lipinski definition) is 2. The van der Waals surface area contributed by atoms with Crippen molar-refractivity contribution < 1.29 is 0 Å². The summed E-state index contributed by atoms with van der Waals surface area (Å²) in [5.41, 5.74) is 2.68. The maximum absolute atomic E-state index is 6.09. The van der Waals surface area contributed by atoms with Gasteiger partial charge in [-0.15, -0.1) is 0 Å². The zero-order chi connectivity index (χ0) is 13.9. The van der Waals surface area contributed by atoms with Crippen molar-refractivity contribution in [3.63, 3.8) is 0 Å². The topological polar surface area (TPSA) is 66.5 Å². The second-order valence-corrected chi connectivity index (χ2v) is 5.63. The Hall–Kier alpha value is -1.63. The number of benzene rings is 1. The molecule has 0 radical (unpaired) electrons. The first-order valence-corrected chi connectivity index (χ1v) is 7.22. The quantitative estimate of drug-likeness (QED) is 0.726. The third-order valence-electron chi connectivity index (χ3n) is 2.79. The lowest BCUT2D eigenvalue weighted by Gasteiger charge is -2.09. The lowest BCUT2D eigenvalue weighted by atomic mass is 10.2. The van der Waals surface area contributed by atoms with Crippen LogP contribution in [0.2, 0.25) is 5.02 Å². The lowest BCUT2D eigenvalue weighted by Crippen LogP contribution is -2.06. The van der Waals surface area contributed by atoms with Crippen LogP contribution in [0.4, 0.5) is 0 Å². The normalized spacial score (nSPS) is 11.1. The van der Waals surface area contributed by atoms with Crippen molar-refractivity contribution in [2.45, 2.75) is 16.5 Å². The summed E-state index contributed by atoms with van der Waals surface area (Å²) >= 11 is 7.65. The van der Waals surface area contributed by atoms with E-state index in [1.54, 1.807) is 18.1 Å². The summed E-state index contributed by atoms with van der Waals surface area (Å²) in [5.74, 6) is 0. The van der Waals surface area contributed by atoms with Gasteiger partial charge in [0.1, 0.15) is 16.9 Å². The van der Waals surface area contributed by atoms with Gasteiger partial charge in [-0.3, -0.25) is 0 Å². The highest BCUT2D eigenvalue weighted by Crippen LogP contribution is 2.33. The van der Waals surface area contributed by atoms with Crippen LogP contribution >= 0.6 is 23.4 Å². The first-order valence-electron chi connectivity index (χ1n) is 6.03. The molecule has 2 aromatic heterocycles. The standard InChI is InChI=1S/C13H12ClN5S/c1-15-5-8-2-3-9(14)4-10(8)20-13-11-12(17-6-16-11)18-7-19-13/h2-4,6-7,15H,5H2,1H3,(H,16,17,18,19). The van der Waals surface area contributed by atoms with Crippen LogP contribution in [0, 0.1) is 0 Å². The Kier molecular flexibility index (Phi) is 3.86. The van der Waals surface area contributed by atoms with Crippen molar-refractivity contribution >= 4 is 34.5 Å². The molecule has 0 fully saturated rings. The number of rotatable bonds is 4. The number of fused-ring (bicyclic) bond motifs is 1. The van der Waals surface area contributed by atoms with Crippen LogP contribution < -0.4 is 5.32 Å². The van der Waals surface area contributed by atoms with Crippen LogP contribution in [-0.4, -0.2) is 27.0 Å². The van der Waals surface area contributed by atoms with Gasteiger partial charge in [0.05, 0.1) is 6.33 Å². The number of nitrogens with one attached hydrogen (secondary N) is 2. The molecule has 0 atom stereocenters. The second kappa shape index (κ2) is 5.78. The predicted molar refractivity (Wildman–Crippen MR) is 80.0 cm³/mol. The number of halogens is 1. The minimum absolute atomic E-state index is 0.666. The van der Waals surface area contributed by atoms with Gasteiger partial charge >= 0.3 is 0 Å². The molecule has 0 spiro atoms. The van der Waals surface area contributed by atoms with Crippen LogP contribution in [0.25, 0.3) is 11.2 Å². The molecule has 0 aliphatic carbocycles. The summed E-state index contributed by atoms with van der Waals surface area (Å²) in [5, 5.41) is 4.70. The molecule has 2 N–H and O–H groups in total. The predicted octanol–water partition coefficient (Wildman–Crippen LogP) is 2.88. The van der Waals surface area contributed by atoms with Crippen LogP contribution in [0.15, 0.2) is 40.8 Å². The SMILES string of the molecule is CNCc1ccc(Cl)cc1Sc1ncnc2nc[nH]c12. The van der Waals surface area contributed by atoms with E-state index >= 15 is 0 Å². The summed E-state index contributed by atoms with van der Waals surface area (Å²) in [7, 11) is 1.92. The molecule has 0 saturated carbocycles. The van der Waals surface area contributed by atoms with E-state index in [9.17, 15) is 0 Å². The maximum atomic E-state index is 6.09. The van der Waals surface area contributed by atoms with Crippen molar-refractivity contribution in [3.8, 4) is 0 Å². The third-order valence-corrected chi connectivity index (χ3v) is 4.13. The van der Waals surface area contributed by atoms with Gasteiger partial charge in [-0.25, -0.2) is 15.0 Å².